The van der Waals surface area contributed by atoms with Crippen LogP contribution in [0.5, 0.6) is 0 Å². The Morgan fingerprint density at radius 3 is 2.57 bits per heavy atom. The number of allylic oxidation sites excluding steroid dienone is 3. The minimum absolute atomic E-state index is 0.0794. The first-order chi connectivity index (χ1) is 11.0. The van der Waals surface area contributed by atoms with Crippen LogP contribution >= 0.6 is 0 Å². The van der Waals surface area contributed by atoms with Gasteiger partial charge in [0.25, 0.3) is 0 Å². The molecule has 4 nitrogen and oxygen atoms in total. The van der Waals surface area contributed by atoms with E-state index in [1.54, 1.807) is 24.5 Å². The second-order valence-corrected chi connectivity index (χ2v) is 6.57. The maximum atomic E-state index is 12.6. The zero-order chi connectivity index (χ0) is 16.4. The van der Waals surface area contributed by atoms with Gasteiger partial charge in [0.1, 0.15) is 17.6 Å². The monoisotopic (exact) mass is 312 g/mol. The molecule has 2 aromatic heterocycles. The van der Waals surface area contributed by atoms with Crippen LogP contribution < -0.4 is 0 Å². The summed E-state index contributed by atoms with van der Waals surface area (Å²) in [5.74, 6) is 0.576. The van der Waals surface area contributed by atoms with Gasteiger partial charge in [0.05, 0.1) is 18.4 Å². The van der Waals surface area contributed by atoms with Crippen LogP contribution in [0.15, 0.2) is 63.4 Å². The summed E-state index contributed by atoms with van der Waals surface area (Å²) in [5, 5.41) is 10.5. The highest BCUT2D eigenvalue weighted by molar-refractivity contribution is 5.95. The smallest absolute Gasteiger partial charge is 0.162 e. The summed E-state index contributed by atoms with van der Waals surface area (Å²) >= 11 is 0. The lowest BCUT2D eigenvalue weighted by Crippen LogP contribution is -2.38. The standard InChI is InChI=1S/C19H20O4/c1-19(2)12-13(7-8-14-5-3-9-22-14)11-15(20)17(19)18(21)16-6-4-10-23-16/h3-11,17-18,21H,12H2,1-2H3. The van der Waals surface area contributed by atoms with E-state index in [2.05, 4.69) is 0 Å². The second-order valence-electron chi connectivity index (χ2n) is 6.57. The molecule has 3 rings (SSSR count). The quantitative estimate of drug-likeness (QED) is 0.920. The van der Waals surface area contributed by atoms with Gasteiger partial charge in [-0.3, -0.25) is 4.79 Å². The molecule has 0 spiro atoms. The number of aliphatic hydroxyl groups is 1. The average Bonchev–Trinajstić information content (AvgIpc) is 3.17. The first kappa shape index (κ1) is 15.6. The van der Waals surface area contributed by atoms with Crippen molar-refractivity contribution in [2.45, 2.75) is 26.4 Å². The van der Waals surface area contributed by atoms with Crippen molar-refractivity contribution in [3.8, 4) is 0 Å². The Morgan fingerprint density at radius 1 is 1.22 bits per heavy atom. The molecule has 2 atom stereocenters. The fourth-order valence-corrected chi connectivity index (χ4v) is 3.23. The first-order valence-corrected chi connectivity index (χ1v) is 7.65. The van der Waals surface area contributed by atoms with Crippen molar-refractivity contribution in [1.29, 1.82) is 0 Å². The molecule has 1 aliphatic rings. The Kier molecular flexibility index (Phi) is 4.09. The lowest BCUT2D eigenvalue weighted by atomic mass is 9.66. The zero-order valence-corrected chi connectivity index (χ0v) is 13.2. The molecule has 0 fully saturated rings. The lowest BCUT2D eigenvalue weighted by Gasteiger charge is -2.38. The van der Waals surface area contributed by atoms with E-state index in [1.807, 2.05) is 38.1 Å². The number of hydrogen-bond acceptors (Lipinski definition) is 4. The van der Waals surface area contributed by atoms with Gasteiger partial charge < -0.3 is 13.9 Å². The normalized spacial score (nSPS) is 22.3. The Morgan fingerprint density at radius 2 is 1.96 bits per heavy atom. The molecule has 1 N–H and O–H groups in total. The summed E-state index contributed by atoms with van der Waals surface area (Å²) in [7, 11) is 0. The van der Waals surface area contributed by atoms with Crippen LogP contribution in [0, 0.1) is 11.3 Å². The van der Waals surface area contributed by atoms with Crippen molar-refractivity contribution >= 4 is 11.9 Å². The van der Waals surface area contributed by atoms with E-state index in [0.717, 1.165) is 11.3 Å². The number of aliphatic hydroxyl groups excluding tert-OH is 1. The zero-order valence-electron chi connectivity index (χ0n) is 13.2. The summed E-state index contributed by atoms with van der Waals surface area (Å²) < 4.78 is 10.5. The van der Waals surface area contributed by atoms with Gasteiger partial charge in [0.15, 0.2) is 5.78 Å². The van der Waals surface area contributed by atoms with Crippen LogP contribution in [0.1, 0.15) is 37.9 Å². The van der Waals surface area contributed by atoms with Crippen molar-refractivity contribution in [1.82, 2.24) is 0 Å². The summed E-state index contributed by atoms with van der Waals surface area (Å²) in [6.45, 7) is 3.99. The van der Waals surface area contributed by atoms with Crippen molar-refractivity contribution in [2.75, 3.05) is 0 Å². The topological polar surface area (TPSA) is 63.6 Å². The average molecular weight is 312 g/mol. The summed E-state index contributed by atoms with van der Waals surface area (Å²) in [5.41, 5.74) is 0.556. The molecule has 120 valence electrons. The maximum absolute atomic E-state index is 12.6. The molecule has 0 amide bonds. The summed E-state index contributed by atoms with van der Waals surface area (Å²) in [6, 6.07) is 7.09. The number of hydrogen-bond donors (Lipinski definition) is 1. The summed E-state index contributed by atoms with van der Waals surface area (Å²) in [4.78, 5) is 12.6. The van der Waals surface area contributed by atoms with Crippen LogP contribution in [0.3, 0.4) is 0 Å². The predicted octanol–water partition coefficient (Wildman–Crippen LogP) is 4.16. The first-order valence-electron chi connectivity index (χ1n) is 7.65. The molecule has 0 saturated heterocycles. The Labute approximate surface area is 135 Å². The van der Waals surface area contributed by atoms with Gasteiger partial charge in [-0.05, 0) is 53.8 Å². The van der Waals surface area contributed by atoms with Crippen molar-refractivity contribution in [2.24, 2.45) is 11.3 Å². The van der Waals surface area contributed by atoms with Crippen molar-refractivity contribution in [3.63, 3.8) is 0 Å². The van der Waals surface area contributed by atoms with E-state index in [0.29, 0.717) is 12.2 Å². The third kappa shape index (κ3) is 3.22. The molecule has 2 aromatic rings. The molecule has 1 aliphatic carbocycles. The third-order valence-electron chi connectivity index (χ3n) is 4.29. The van der Waals surface area contributed by atoms with E-state index in [-0.39, 0.29) is 11.2 Å². The highest BCUT2D eigenvalue weighted by Crippen LogP contribution is 2.45. The number of ketones is 1. The van der Waals surface area contributed by atoms with E-state index in [1.165, 1.54) is 6.26 Å². The van der Waals surface area contributed by atoms with Crippen LogP contribution in [0.4, 0.5) is 0 Å². The molecular formula is C19H20O4. The Bertz CT molecular complexity index is 718. The van der Waals surface area contributed by atoms with Crippen LogP contribution in [0.2, 0.25) is 0 Å². The highest BCUT2D eigenvalue weighted by atomic mass is 16.4. The molecule has 4 heteroatoms. The molecule has 0 bridgehead atoms. The molecule has 0 radical (unpaired) electrons. The van der Waals surface area contributed by atoms with Crippen LogP contribution in [-0.4, -0.2) is 10.9 Å². The van der Waals surface area contributed by atoms with Gasteiger partial charge in [0, 0.05) is 0 Å². The predicted molar refractivity (Wildman–Crippen MR) is 86.4 cm³/mol. The number of carbonyl (C=O) groups is 1. The molecule has 0 aromatic carbocycles. The van der Waals surface area contributed by atoms with Crippen molar-refractivity contribution in [3.05, 3.63) is 66.0 Å². The fourth-order valence-electron chi connectivity index (χ4n) is 3.23. The minimum Gasteiger partial charge on any atom is -0.467 e. The Balaban J connectivity index is 1.84. The number of carbonyl (C=O) groups excluding carboxylic acids is 1. The van der Waals surface area contributed by atoms with Crippen molar-refractivity contribution < 1.29 is 18.7 Å². The highest BCUT2D eigenvalue weighted by Gasteiger charge is 2.43. The minimum atomic E-state index is -0.931. The molecule has 2 heterocycles. The van der Waals surface area contributed by atoms with Gasteiger partial charge in [0.2, 0.25) is 0 Å². The van der Waals surface area contributed by atoms with E-state index in [4.69, 9.17) is 8.83 Å². The second kappa shape index (κ2) is 6.05. The number of furan rings is 2. The van der Waals surface area contributed by atoms with Gasteiger partial charge in [-0.2, -0.15) is 0 Å². The van der Waals surface area contributed by atoms with Gasteiger partial charge in [-0.1, -0.05) is 19.9 Å². The lowest BCUT2D eigenvalue weighted by molar-refractivity contribution is -0.129. The van der Waals surface area contributed by atoms with Gasteiger partial charge in [-0.25, -0.2) is 0 Å². The fraction of sp³-hybridized carbons (Fsp3) is 0.316. The molecule has 23 heavy (non-hydrogen) atoms. The SMILES string of the molecule is CC1(C)CC(C=Cc2ccco2)=CC(=O)C1C(O)c1ccco1. The van der Waals surface area contributed by atoms with Gasteiger partial charge >= 0.3 is 0 Å². The molecular weight excluding hydrogens is 292 g/mol. The Hall–Kier alpha value is -2.33. The summed E-state index contributed by atoms with van der Waals surface area (Å²) in [6.07, 6.45) is 8.23. The van der Waals surface area contributed by atoms with Crippen LogP contribution in [0.25, 0.3) is 6.08 Å². The van der Waals surface area contributed by atoms with E-state index >= 15 is 0 Å². The molecule has 2 unspecified atom stereocenters. The maximum Gasteiger partial charge on any atom is 0.162 e. The third-order valence-corrected chi connectivity index (χ3v) is 4.29. The number of rotatable bonds is 4. The van der Waals surface area contributed by atoms with Crippen LogP contribution in [-0.2, 0) is 4.79 Å². The largest absolute Gasteiger partial charge is 0.467 e. The van der Waals surface area contributed by atoms with E-state index in [9.17, 15) is 9.90 Å². The molecule has 0 aliphatic heterocycles. The van der Waals surface area contributed by atoms with Gasteiger partial charge in [-0.15, -0.1) is 0 Å². The molecule has 0 saturated carbocycles. The van der Waals surface area contributed by atoms with E-state index < -0.39 is 12.0 Å².